The lowest BCUT2D eigenvalue weighted by atomic mass is 10.0. The second-order valence-corrected chi connectivity index (χ2v) is 4.91. The molecule has 0 saturated heterocycles. The van der Waals surface area contributed by atoms with Crippen molar-refractivity contribution in [1.29, 1.82) is 0 Å². The Morgan fingerprint density at radius 3 is 2.50 bits per heavy atom. The van der Waals surface area contributed by atoms with Crippen molar-refractivity contribution in [3.05, 3.63) is 56.7 Å². The molecule has 0 spiro atoms. The molecule has 0 heterocycles. The first-order chi connectivity index (χ1) is 8.49. The summed E-state index contributed by atoms with van der Waals surface area (Å²) in [6, 6.07) is 10.2. The first kappa shape index (κ1) is 12.6. The maximum absolute atomic E-state index is 11.5. The Balaban J connectivity index is 2.77. The van der Waals surface area contributed by atoms with Crippen LogP contribution in [0.5, 0.6) is 11.5 Å². The Bertz CT molecular complexity index is 666. The monoisotopic (exact) mass is 306 g/mol. The molecule has 0 aliphatic carbocycles. The number of aromatic hydroxyl groups is 2. The molecule has 3 nitrogen and oxygen atoms in total. The molecule has 18 heavy (non-hydrogen) atoms. The van der Waals surface area contributed by atoms with Gasteiger partial charge in [0.05, 0.1) is 0 Å². The first-order valence-corrected chi connectivity index (χ1v) is 6.11. The highest BCUT2D eigenvalue weighted by atomic mass is 79.9. The van der Waals surface area contributed by atoms with Gasteiger partial charge >= 0.3 is 0 Å². The molecule has 2 rings (SSSR count). The molecular formula is C14H11BrO3. The van der Waals surface area contributed by atoms with E-state index >= 15 is 0 Å². The molecule has 2 aromatic rings. The fourth-order valence-electron chi connectivity index (χ4n) is 1.75. The van der Waals surface area contributed by atoms with Gasteiger partial charge in [0.25, 0.3) is 0 Å². The zero-order valence-electron chi connectivity index (χ0n) is 9.64. The summed E-state index contributed by atoms with van der Waals surface area (Å²) in [7, 11) is 0. The smallest absolute Gasteiger partial charge is 0.224 e. The van der Waals surface area contributed by atoms with Crippen LogP contribution in [0, 0.1) is 6.92 Å². The topological polar surface area (TPSA) is 57.5 Å². The fraction of sp³-hybridized carbons (Fsp3) is 0.0714. The van der Waals surface area contributed by atoms with Gasteiger partial charge in [0, 0.05) is 4.47 Å². The second kappa shape index (κ2) is 4.82. The van der Waals surface area contributed by atoms with E-state index in [4.69, 9.17) is 0 Å². The zero-order valence-corrected chi connectivity index (χ0v) is 11.2. The number of halogens is 1. The molecule has 0 aromatic heterocycles. The second-order valence-electron chi connectivity index (χ2n) is 3.99. The summed E-state index contributed by atoms with van der Waals surface area (Å²) in [4.78, 5) is 11.5. The van der Waals surface area contributed by atoms with E-state index in [-0.39, 0.29) is 0 Å². The van der Waals surface area contributed by atoms with Crippen molar-refractivity contribution in [3.63, 3.8) is 0 Å². The van der Waals surface area contributed by atoms with Crippen LogP contribution in [0.2, 0.25) is 0 Å². The summed E-state index contributed by atoms with van der Waals surface area (Å²) < 4.78 is 0.900. The molecule has 0 fully saturated rings. The molecular weight excluding hydrogens is 296 g/mol. The van der Waals surface area contributed by atoms with Crippen molar-refractivity contribution in [3.8, 4) is 22.6 Å². The van der Waals surface area contributed by atoms with Crippen LogP contribution >= 0.6 is 15.9 Å². The normalized spacial score (nSPS) is 10.3. The minimum Gasteiger partial charge on any atom is -0.504 e. The SMILES string of the molecule is Cc1cc(=O)c(O)c(O)cc1-c1cccc(Br)c1. The summed E-state index contributed by atoms with van der Waals surface area (Å²) in [5.41, 5.74) is 1.65. The van der Waals surface area contributed by atoms with Gasteiger partial charge in [0.1, 0.15) is 0 Å². The average molecular weight is 307 g/mol. The van der Waals surface area contributed by atoms with E-state index in [1.165, 1.54) is 12.1 Å². The van der Waals surface area contributed by atoms with Crippen LogP contribution in [0.1, 0.15) is 5.56 Å². The van der Waals surface area contributed by atoms with Gasteiger partial charge in [-0.2, -0.15) is 0 Å². The Hall–Kier alpha value is -1.81. The van der Waals surface area contributed by atoms with Crippen molar-refractivity contribution >= 4 is 15.9 Å². The molecule has 4 heteroatoms. The lowest BCUT2D eigenvalue weighted by molar-refractivity contribution is 0.402. The fourth-order valence-corrected chi connectivity index (χ4v) is 2.15. The molecule has 0 aliphatic rings. The van der Waals surface area contributed by atoms with Crippen LogP contribution in [-0.2, 0) is 0 Å². The van der Waals surface area contributed by atoms with E-state index in [9.17, 15) is 15.0 Å². The van der Waals surface area contributed by atoms with E-state index in [0.717, 1.165) is 10.0 Å². The van der Waals surface area contributed by atoms with Gasteiger partial charge in [0.15, 0.2) is 5.75 Å². The van der Waals surface area contributed by atoms with Crippen molar-refractivity contribution in [1.82, 2.24) is 0 Å². The van der Waals surface area contributed by atoms with Gasteiger partial charge in [-0.1, -0.05) is 28.1 Å². The highest BCUT2D eigenvalue weighted by molar-refractivity contribution is 9.10. The van der Waals surface area contributed by atoms with E-state index in [2.05, 4.69) is 15.9 Å². The molecule has 0 amide bonds. The van der Waals surface area contributed by atoms with Gasteiger partial charge < -0.3 is 10.2 Å². The molecule has 0 saturated carbocycles. The van der Waals surface area contributed by atoms with Crippen LogP contribution in [0.4, 0.5) is 0 Å². The number of hydrogen-bond donors (Lipinski definition) is 2. The molecule has 0 bridgehead atoms. The molecule has 92 valence electrons. The Labute approximate surface area is 112 Å². The molecule has 2 aromatic carbocycles. The largest absolute Gasteiger partial charge is 0.504 e. The van der Waals surface area contributed by atoms with Crippen LogP contribution in [-0.4, -0.2) is 10.2 Å². The van der Waals surface area contributed by atoms with Gasteiger partial charge in [0.2, 0.25) is 11.2 Å². The summed E-state index contributed by atoms with van der Waals surface area (Å²) in [5.74, 6) is -1.04. The van der Waals surface area contributed by atoms with E-state index in [1.54, 1.807) is 6.92 Å². The Morgan fingerprint density at radius 2 is 1.83 bits per heavy atom. The molecule has 0 atom stereocenters. The van der Waals surface area contributed by atoms with Crippen LogP contribution in [0.3, 0.4) is 0 Å². The number of benzene rings is 1. The molecule has 2 N–H and O–H groups in total. The minimum absolute atomic E-state index is 0.414. The third kappa shape index (κ3) is 2.38. The third-order valence-electron chi connectivity index (χ3n) is 2.67. The van der Waals surface area contributed by atoms with E-state index in [1.807, 2.05) is 24.3 Å². The van der Waals surface area contributed by atoms with Gasteiger partial charge in [-0.3, -0.25) is 4.79 Å². The molecule has 0 aliphatic heterocycles. The lowest BCUT2D eigenvalue weighted by Gasteiger charge is -2.03. The quantitative estimate of drug-likeness (QED) is 0.850. The van der Waals surface area contributed by atoms with Crippen molar-refractivity contribution in [2.75, 3.05) is 0 Å². The maximum atomic E-state index is 11.5. The predicted octanol–water partition coefficient (Wildman–Crippen LogP) is 3.20. The van der Waals surface area contributed by atoms with Crippen molar-refractivity contribution in [2.45, 2.75) is 6.92 Å². The maximum Gasteiger partial charge on any atom is 0.224 e. The van der Waals surface area contributed by atoms with E-state index < -0.39 is 16.9 Å². The number of aryl methyl sites for hydroxylation is 1. The minimum atomic E-state index is -0.626. The molecule has 0 unspecified atom stereocenters. The summed E-state index contributed by atoms with van der Waals surface area (Å²) in [6.45, 7) is 1.76. The molecule has 0 radical (unpaired) electrons. The number of rotatable bonds is 1. The highest BCUT2D eigenvalue weighted by Gasteiger charge is 2.08. The lowest BCUT2D eigenvalue weighted by Crippen LogP contribution is -1.94. The Kier molecular flexibility index (Phi) is 3.39. The number of hydrogen-bond acceptors (Lipinski definition) is 3. The third-order valence-corrected chi connectivity index (χ3v) is 3.16. The van der Waals surface area contributed by atoms with Crippen LogP contribution in [0.15, 0.2) is 45.7 Å². The van der Waals surface area contributed by atoms with Crippen molar-refractivity contribution < 1.29 is 10.2 Å². The van der Waals surface area contributed by atoms with Crippen molar-refractivity contribution in [2.24, 2.45) is 0 Å². The van der Waals surface area contributed by atoms with E-state index in [0.29, 0.717) is 11.1 Å². The Morgan fingerprint density at radius 1 is 1.11 bits per heavy atom. The van der Waals surface area contributed by atoms with Crippen LogP contribution in [0.25, 0.3) is 11.1 Å². The van der Waals surface area contributed by atoms with Gasteiger partial charge in [-0.05, 0) is 47.9 Å². The zero-order chi connectivity index (χ0) is 13.3. The predicted molar refractivity (Wildman–Crippen MR) is 73.9 cm³/mol. The average Bonchev–Trinajstić information content (AvgIpc) is 2.42. The summed E-state index contributed by atoms with van der Waals surface area (Å²) in [5, 5.41) is 19.1. The van der Waals surface area contributed by atoms with Crippen LogP contribution < -0.4 is 5.43 Å². The summed E-state index contributed by atoms with van der Waals surface area (Å²) in [6.07, 6.45) is 0. The standard InChI is InChI=1S/C14H11BrO3/c1-8-5-12(16)14(18)13(17)7-11(8)9-3-2-4-10(15)6-9/h2-7H,1H3,(H2,16,17,18). The van der Waals surface area contributed by atoms with Gasteiger partial charge in [-0.25, -0.2) is 0 Å². The highest BCUT2D eigenvalue weighted by Crippen LogP contribution is 2.30. The van der Waals surface area contributed by atoms with Gasteiger partial charge in [-0.15, -0.1) is 0 Å². The first-order valence-electron chi connectivity index (χ1n) is 5.32. The summed E-state index contributed by atoms with van der Waals surface area (Å²) >= 11 is 3.37.